The summed E-state index contributed by atoms with van der Waals surface area (Å²) in [6, 6.07) is 6.29. The van der Waals surface area contributed by atoms with Crippen LogP contribution in [-0.4, -0.2) is 9.55 Å². The van der Waals surface area contributed by atoms with Crippen molar-refractivity contribution in [2.24, 2.45) is 0 Å². The van der Waals surface area contributed by atoms with Gasteiger partial charge >= 0.3 is 0 Å². The largest absolute Gasteiger partial charge is 0.337 e. The summed E-state index contributed by atoms with van der Waals surface area (Å²) in [5, 5.41) is 0. The Morgan fingerprint density at radius 2 is 2.06 bits per heavy atom. The Kier molecular flexibility index (Phi) is 3.73. The first-order valence-electron chi connectivity index (χ1n) is 5.40. The van der Waals surface area contributed by atoms with E-state index in [1.54, 1.807) is 0 Å². The molecule has 0 saturated carbocycles. The normalized spacial score (nSPS) is 11.8. The van der Waals surface area contributed by atoms with Crippen LogP contribution < -0.4 is 0 Å². The molecule has 0 radical (unpaired) electrons. The van der Waals surface area contributed by atoms with E-state index < -0.39 is 0 Å². The predicted molar refractivity (Wildman–Crippen MR) is 77.1 cm³/mol. The van der Waals surface area contributed by atoms with Gasteiger partial charge in [0, 0.05) is 33.3 Å². The first kappa shape index (κ1) is 12.8. The Labute approximate surface area is 118 Å². The van der Waals surface area contributed by atoms with Crippen molar-refractivity contribution in [3.63, 3.8) is 0 Å². The Morgan fingerprint density at radius 1 is 1.29 bits per heavy atom. The molecule has 17 heavy (non-hydrogen) atoms. The fourth-order valence-electron chi connectivity index (χ4n) is 1.94. The maximum absolute atomic E-state index is 4.08. The van der Waals surface area contributed by atoms with Crippen LogP contribution in [0.4, 0.5) is 0 Å². The molecule has 2 nitrogen and oxygen atoms in total. The summed E-state index contributed by atoms with van der Waals surface area (Å²) in [6.07, 6.45) is 5.66. The second kappa shape index (κ2) is 4.94. The minimum absolute atomic E-state index is 0.0450. The average molecular weight is 358 g/mol. The molecule has 0 spiro atoms. The highest BCUT2D eigenvalue weighted by atomic mass is 79.9. The first-order valence-corrected chi connectivity index (χ1v) is 6.99. The number of nitrogens with zero attached hydrogens (tertiary/aromatic N) is 2. The van der Waals surface area contributed by atoms with Crippen molar-refractivity contribution < 1.29 is 0 Å². The lowest BCUT2D eigenvalue weighted by atomic mass is 9.84. The lowest BCUT2D eigenvalue weighted by Gasteiger charge is -2.27. The lowest BCUT2D eigenvalue weighted by Crippen LogP contribution is -2.24. The molecule has 1 heterocycles. The third-order valence-electron chi connectivity index (χ3n) is 2.79. The fourth-order valence-corrected chi connectivity index (χ4v) is 3.08. The number of rotatable bonds is 3. The molecular formula is C13H14Br2N2. The SMILES string of the molecule is CC(C)(Cn1ccnc1)c1cc(Br)ccc1Br. The van der Waals surface area contributed by atoms with Crippen molar-refractivity contribution >= 4 is 31.9 Å². The zero-order valence-electron chi connectivity index (χ0n) is 9.82. The van der Waals surface area contributed by atoms with Crippen LogP contribution in [0.15, 0.2) is 45.9 Å². The van der Waals surface area contributed by atoms with Gasteiger partial charge in [-0.25, -0.2) is 4.98 Å². The van der Waals surface area contributed by atoms with E-state index in [1.807, 2.05) is 24.8 Å². The van der Waals surface area contributed by atoms with Gasteiger partial charge in [-0.2, -0.15) is 0 Å². The highest BCUT2D eigenvalue weighted by molar-refractivity contribution is 9.11. The third kappa shape index (κ3) is 2.99. The van der Waals surface area contributed by atoms with Gasteiger partial charge in [0.1, 0.15) is 0 Å². The monoisotopic (exact) mass is 356 g/mol. The molecule has 4 heteroatoms. The van der Waals surface area contributed by atoms with Gasteiger partial charge in [-0.3, -0.25) is 0 Å². The minimum atomic E-state index is 0.0450. The molecule has 0 amide bonds. The maximum Gasteiger partial charge on any atom is 0.0946 e. The summed E-state index contributed by atoms with van der Waals surface area (Å²) >= 11 is 7.15. The highest BCUT2D eigenvalue weighted by Gasteiger charge is 2.23. The van der Waals surface area contributed by atoms with Crippen LogP contribution in [0.1, 0.15) is 19.4 Å². The molecule has 0 bridgehead atoms. The number of benzene rings is 1. The van der Waals surface area contributed by atoms with E-state index in [4.69, 9.17) is 0 Å². The predicted octanol–water partition coefficient (Wildman–Crippen LogP) is 4.39. The Morgan fingerprint density at radius 3 is 2.71 bits per heavy atom. The molecule has 2 aromatic rings. The number of aromatic nitrogens is 2. The van der Waals surface area contributed by atoms with Crippen LogP contribution in [0.3, 0.4) is 0 Å². The van der Waals surface area contributed by atoms with Crippen LogP contribution in [0, 0.1) is 0 Å². The number of hydrogen-bond acceptors (Lipinski definition) is 1. The van der Waals surface area contributed by atoms with Gasteiger partial charge in [0.2, 0.25) is 0 Å². The van der Waals surface area contributed by atoms with Crippen LogP contribution in [-0.2, 0) is 12.0 Å². The van der Waals surface area contributed by atoms with E-state index in [-0.39, 0.29) is 5.41 Å². The molecule has 0 fully saturated rings. The van der Waals surface area contributed by atoms with Crippen molar-refractivity contribution in [1.82, 2.24) is 9.55 Å². The standard InChI is InChI=1S/C13H14Br2N2/c1-13(2,8-17-6-5-16-9-17)11-7-10(14)3-4-12(11)15/h3-7,9H,8H2,1-2H3. The van der Waals surface area contributed by atoms with E-state index in [1.165, 1.54) is 5.56 Å². The van der Waals surface area contributed by atoms with Crippen LogP contribution in [0.25, 0.3) is 0 Å². The van der Waals surface area contributed by atoms with Crippen molar-refractivity contribution in [2.75, 3.05) is 0 Å². The summed E-state index contributed by atoms with van der Waals surface area (Å²) in [5.74, 6) is 0. The van der Waals surface area contributed by atoms with Crippen molar-refractivity contribution in [1.29, 1.82) is 0 Å². The van der Waals surface area contributed by atoms with E-state index >= 15 is 0 Å². The number of hydrogen-bond donors (Lipinski definition) is 0. The summed E-state index contributed by atoms with van der Waals surface area (Å²) in [7, 11) is 0. The molecule has 0 N–H and O–H groups in total. The first-order chi connectivity index (χ1) is 7.99. The molecule has 0 saturated heterocycles. The molecule has 0 aliphatic carbocycles. The summed E-state index contributed by atoms with van der Waals surface area (Å²) in [4.78, 5) is 4.08. The lowest BCUT2D eigenvalue weighted by molar-refractivity contribution is 0.433. The molecule has 1 aromatic heterocycles. The number of halogens is 2. The van der Waals surface area contributed by atoms with Crippen LogP contribution in [0.5, 0.6) is 0 Å². The van der Waals surface area contributed by atoms with Crippen molar-refractivity contribution in [3.05, 3.63) is 51.4 Å². The Hall–Kier alpha value is -0.610. The molecule has 2 rings (SSSR count). The van der Waals surface area contributed by atoms with Gasteiger partial charge in [-0.05, 0) is 23.8 Å². The van der Waals surface area contributed by atoms with Gasteiger partial charge in [0.25, 0.3) is 0 Å². The fraction of sp³-hybridized carbons (Fsp3) is 0.308. The molecule has 90 valence electrons. The Balaban J connectivity index is 2.33. The quantitative estimate of drug-likeness (QED) is 0.796. The van der Waals surface area contributed by atoms with E-state index in [2.05, 4.69) is 67.4 Å². The van der Waals surface area contributed by atoms with Crippen molar-refractivity contribution in [2.45, 2.75) is 25.8 Å². The second-order valence-electron chi connectivity index (χ2n) is 4.74. The van der Waals surface area contributed by atoms with Gasteiger partial charge in [-0.1, -0.05) is 45.7 Å². The van der Waals surface area contributed by atoms with Gasteiger partial charge in [0.05, 0.1) is 6.33 Å². The smallest absolute Gasteiger partial charge is 0.0946 e. The van der Waals surface area contributed by atoms with Gasteiger partial charge in [-0.15, -0.1) is 0 Å². The molecule has 0 unspecified atom stereocenters. The summed E-state index contributed by atoms with van der Waals surface area (Å²) in [5.41, 5.74) is 1.34. The summed E-state index contributed by atoms with van der Waals surface area (Å²) in [6.45, 7) is 5.38. The second-order valence-corrected chi connectivity index (χ2v) is 6.51. The average Bonchev–Trinajstić information content (AvgIpc) is 2.73. The molecule has 1 aromatic carbocycles. The third-order valence-corrected chi connectivity index (χ3v) is 3.98. The highest BCUT2D eigenvalue weighted by Crippen LogP contribution is 2.33. The van der Waals surface area contributed by atoms with Gasteiger partial charge in [0.15, 0.2) is 0 Å². The molecular weight excluding hydrogens is 344 g/mol. The number of imidazole rings is 1. The van der Waals surface area contributed by atoms with E-state index in [9.17, 15) is 0 Å². The van der Waals surface area contributed by atoms with E-state index in [0.29, 0.717) is 0 Å². The minimum Gasteiger partial charge on any atom is -0.337 e. The van der Waals surface area contributed by atoms with Crippen LogP contribution >= 0.6 is 31.9 Å². The van der Waals surface area contributed by atoms with Gasteiger partial charge < -0.3 is 4.57 Å². The zero-order valence-corrected chi connectivity index (χ0v) is 13.0. The molecule has 0 aliphatic rings. The molecule has 0 aliphatic heterocycles. The van der Waals surface area contributed by atoms with Crippen LogP contribution in [0.2, 0.25) is 0 Å². The van der Waals surface area contributed by atoms with E-state index in [0.717, 1.165) is 15.5 Å². The summed E-state index contributed by atoms with van der Waals surface area (Å²) < 4.78 is 4.35. The molecule has 0 atom stereocenters. The topological polar surface area (TPSA) is 17.8 Å². The zero-order chi connectivity index (χ0) is 12.5. The maximum atomic E-state index is 4.08. The Bertz CT molecular complexity index is 504. The van der Waals surface area contributed by atoms with Crippen molar-refractivity contribution in [3.8, 4) is 0 Å².